The molecule has 124 valence electrons. The van der Waals surface area contributed by atoms with Crippen LogP contribution in [0.1, 0.15) is 44.1 Å². The number of amides is 1. The second kappa shape index (κ2) is 6.60. The summed E-state index contributed by atoms with van der Waals surface area (Å²) in [6.45, 7) is 0.144. The number of rotatable bonds is 6. The van der Waals surface area contributed by atoms with Crippen LogP contribution in [0.2, 0.25) is 0 Å². The van der Waals surface area contributed by atoms with Crippen molar-refractivity contribution < 1.29 is 19.4 Å². The Morgan fingerprint density at radius 2 is 1.96 bits per heavy atom. The highest BCUT2D eigenvalue weighted by molar-refractivity contribution is 5.79. The predicted molar refractivity (Wildman–Crippen MR) is 84.8 cm³/mol. The molecule has 2 N–H and O–H groups in total. The smallest absolute Gasteiger partial charge is 0.408 e. The summed E-state index contributed by atoms with van der Waals surface area (Å²) in [7, 11) is 0. The number of ether oxygens (including phenoxy) is 1. The van der Waals surface area contributed by atoms with E-state index in [2.05, 4.69) is 5.32 Å². The third kappa shape index (κ3) is 3.84. The summed E-state index contributed by atoms with van der Waals surface area (Å²) in [5, 5.41) is 11.8. The van der Waals surface area contributed by atoms with E-state index in [9.17, 15) is 14.7 Å². The van der Waals surface area contributed by atoms with Crippen LogP contribution >= 0.6 is 0 Å². The van der Waals surface area contributed by atoms with Crippen molar-refractivity contribution in [1.29, 1.82) is 0 Å². The van der Waals surface area contributed by atoms with Gasteiger partial charge in [-0.15, -0.1) is 0 Å². The van der Waals surface area contributed by atoms with Gasteiger partial charge in [0.25, 0.3) is 0 Å². The van der Waals surface area contributed by atoms with Gasteiger partial charge in [-0.2, -0.15) is 0 Å². The number of hydrogen-bond acceptors (Lipinski definition) is 3. The first-order valence-corrected chi connectivity index (χ1v) is 8.26. The number of carboxylic acid groups (broad SMARTS) is 1. The van der Waals surface area contributed by atoms with Crippen LogP contribution in [0.4, 0.5) is 4.79 Å². The number of benzene rings is 1. The van der Waals surface area contributed by atoms with Gasteiger partial charge in [0.2, 0.25) is 0 Å². The maximum absolute atomic E-state index is 11.8. The summed E-state index contributed by atoms with van der Waals surface area (Å²) < 4.78 is 5.10. The summed E-state index contributed by atoms with van der Waals surface area (Å²) in [5.74, 6) is -0.581. The predicted octanol–water partition coefficient (Wildman–Crippen LogP) is 3.34. The lowest BCUT2D eigenvalue weighted by molar-refractivity contribution is -0.141. The van der Waals surface area contributed by atoms with E-state index in [0.29, 0.717) is 17.8 Å². The average molecular weight is 317 g/mol. The average Bonchev–Trinajstić information content (AvgIpc) is 2.46. The number of hydrogen-bond donors (Lipinski definition) is 2. The van der Waals surface area contributed by atoms with Crippen molar-refractivity contribution in [3.05, 3.63) is 35.9 Å². The Hall–Kier alpha value is -2.04. The Bertz CT molecular complexity index is 560. The van der Waals surface area contributed by atoms with Crippen LogP contribution in [0.25, 0.3) is 0 Å². The number of carbonyl (C=O) groups excluding carboxylic acids is 1. The highest BCUT2D eigenvalue weighted by Crippen LogP contribution is 2.59. The van der Waals surface area contributed by atoms with E-state index in [1.54, 1.807) is 0 Å². The molecule has 2 saturated carbocycles. The Morgan fingerprint density at radius 1 is 1.26 bits per heavy atom. The van der Waals surface area contributed by atoms with Crippen molar-refractivity contribution >= 4 is 12.1 Å². The first-order chi connectivity index (χ1) is 11.1. The molecule has 1 spiro atoms. The molecule has 23 heavy (non-hydrogen) atoms. The maximum Gasteiger partial charge on any atom is 0.408 e. The summed E-state index contributed by atoms with van der Waals surface area (Å²) in [6, 6.07) is 8.47. The number of carbonyl (C=O) groups is 2. The van der Waals surface area contributed by atoms with E-state index < -0.39 is 18.1 Å². The highest BCUT2D eigenvalue weighted by atomic mass is 16.5. The van der Waals surface area contributed by atoms with Gasteiger partial charge < -0.3 is 15.2 Å². The number of alkyl carbamates (subject to hydrolysis) is 1. The van der Waals surface area contributed by atoms with Gasteiger partial charge in [0.05, 0.1) is 0 Å². The normalized spacial score (nSPS) is 20.2. The molecule has 1 atom stereocenters. The van der Waals surface area contributed by atoms with Crippen molar-refractivity contribution in [2.24, 2.45) is 11.3 Å². The van der Waals surface area contributed by atoms with Crippen LogP contribution in [0, 0.1) is 11.3 Å². The van der Waals surface area contributed by atoms with Crippen LogP contribution < -0.4 is 5.32 Å². The van der Waals surface area contributed by atoms with Crippen molar-refractivity contribution in [2.75, 3.05) is 0 Å². The van der Waals surface area contributed by atoms with Crippen LogP contribution in [-0.4, -0.2) is 23.2 Å². The molecule has 1 amide bonds. The molecule has 1 aromatic rings. The van der Waals surface area contributed by atoms with E-state index in [1.807, 2.05) is 30.3 Å². The molecule has 0 aromatic heterocycles. The molecule has 2 aliphatic carbocycles. The lowest BCUT2D eigenvalue weighted by atomic mass is 9.51. The van der Waals surface area contributed by atoms with Gasteiger partial charge >= 0.3 is 12.1 Å². The largest absolute Gasteiger partial charge is 0.480 e. The van der Waals surface area contributed by atoms with Crippen LogP contribution in [-0.2, 0) is 16.1 Å². The van der Waals surface area contributed by atoms with E-state index in [1.165, 1.54) is 19.3 Å². The third-order valence-electron chi connectivity index (χ3n) is 5.23. The van der Waals surface area contributed by atoms with Crippen molar-refractivity contribution in [2.45, 2.75) is 51.2 Å². The lowest BCUT2D eigenvalue weighted by Crippen LogP contribution is -2.48. The fraction of sp³-hybridized carbons (Fsp3) is 0.556. The summed E-state index contributed by atoms with van der Waals surface area (Å²) in [6.07, 6.45) is 5.92. The van der Waals surface area contributed by atoms with Crippen LogP contribution in [0.5, 0.6) is 0 Å². The molecule has 2 aliphatic rings. The van der Waals surface area contributed by atoms with Gasteiger partial charge in [-0.1, -0.05) is 36.8 Å². The number of carboxylic acids is 1. The number of aliphatic carboxylic acids is 1. The summed E-state index contributed by atoms with van der Waals surface area (Å²) in [5.41, 5.74) is 1.39. The summed E-state index contributed by atoms with van der Waals surface area (Å²) in [4.78, 5) is 23.2. The maximum atomic E-state index is 11.8. The molecule has 1 aromatic carbocycles. The molecule has 2 fully saturated rings. The highest BCUT2D eigenvalue weighted by Gasteiger charge is 2.48. The molecule has 0 bridgehead atoms. The Morgan fingerprint density at radius 3 is 2.52 bits per heavy atom. The zero-order valence-electron chi connectivity index (χ0n) is 13.2. The fourth-order valence-electron chi connectivity index (χ4n) is 3.88. The molecule has 0 radical (unpaired) electrons. The molecule has 0 heterocycles. The molecule has 1 unspecified atom stereocenters. The van der Waals surface area contributed by atoms with Crippen LogP contribution in [0.15, 0.2) is 30.3 Å². The minimum Gasteiger partial charge on any atom is -0.480 e. The Balaban J connectivity index is 1.43. The molecular formula is C18H23NO4. The Kier molecular flexibility index (Phi) is 4.55. The summed E-state index contributed by atoms with van der Waals surface area (Å²) >= 11 is 0. The SMILES string of the molecule is O=C(NC(CC1CC2(CCC2)C1)C(=O)O)OCc1ccccc1. The Labute approximate surface area is 136 Å². The molecule has 3 rings (SSSR count). The first kappa shape index (κ1) is 15.8. The van der Waals surface area contributed by atoms with Crippen molar-refractivity contribution in [1.82, 2.24) is 5.32 Å². The van der Waals surface area contributed by atoms with Gasteiger partial charge in [0, 0.05) is 0 Å². The zero-order chi connectivity index (χ0) is 16.3. The molecule has 0 saturated heterocycles. The van der Waals surface area contributed by atoms with Crippen molar-refractivity contribution in [3.63, 3.8) is 0 Å². The lowest BCUT2D eigenvalue weighted by Gasteiger charge is -2.54. The van der Waals surface area contributed by atoms with Gasteiger partial charge in [0.1, 0.15) is 12.6 Å². The van der Waals surface area contributed by atoms with E-state index >= 15 is 0 Å². The first-order valence-electron chi connectivity index (χ1n) is 8.26. The quantitative estimate of drug-likeness (QED) is 0.844. The van der Waals surface area contributed by atoms with Gasteiger partial charge in [0.15, 0.2) is 0 Å². The van der Waals surface area contributed by atoms with E-state index in [0.717, 1.165) is 18.4 Å². The van der Waals surface area contributed by atoms with Gasteiger partial charge in [-0.05, 0) is 49.0 Å². The molecule has 5 heteroatoms. The zero-order valence-corrected chi connectivity index (χ0v) is 13.2. The van der Waals surface area contributed by atoms with Gasteiger partial charge in [-0.3, -0.25) is 0 Å². The molecule has 0 aliphatic heterocycles. The minimum atomic E-state index is -0.990. The van der Waals surface area contributed by atoms with Gasteiger partial charge in [-0.25, -0.2) is 9.59 Å². The van der Waals surface area contributed by atoms with E-state index in [4.69, 9.17) is 4.74 Å². The standard InChI is InChI=1S/C18H23NO4/c20-16(21)15(9-14-10-18(11-14)7-4-8-18)19-17(22)23-12-13-5-2-1-3-6-13/h1-3,5-6,14-15H,4,7-12H2,(H,19,22)(H,20,21). The monoisotopic (exact) mass is 317 g/mol. The number of nitrogens with one attached hydrogen (secondary N) is 1. The minimum absolute atomic E-state index is 0.144. The van der Waals surface area contributed by atoms with Crippen LogP contribution in [0.3, 0.4) is 0 Å². The second-order valence-electron chi connectivity index (χ2n) is 6.96. The van der Waals surface area contributed by atoms with E-state index in [-0.39, 0.29) is 6.61 Å². The van der Waals surface area contributed by atoms with Crippen molar-refractivity contribution in [3.8, 4) is 0 Å². The topological polar surface area (TPSA) is 75.6 Å². The second-order valence-corrected chi connectivity index (χ2v) is 6.96. The fourth-order valence-corrected chi connectivity index (χ4v) is 3.88. The third-order valence-corrected chi connectivity index (χ3v) is 5.23. The molecular weight excluding hydrogens is 294 g/mol. The molecule has 5 nitrogen and oxygen atoms in total.